The van der Waals surface area contributed by atoms with Gasteiger partial charge in [-0.2, -0.15) is 0 Å². The number of urea groups is 1. The van der Waals surface area contributed by atoms with E-state index in [0.29, 0.717) is 6.41 Å². The summed E-state index contributed by atoms with van der Waals surface area (Å²) in [7, 11) is 0. The van der Waals surface area contributed by atoms with Gasteiger partial charge in [0.25, 0.3) is 0 Å². The average molecular weight is 184 g/mol. The van der Waals surface area contributed by atoms with E-state index < -0.39 is 6.03 Å². The summed E-state index contributed by atoms with van der Waals surface area (Å²) in [6, 6.07) is -0.742. The molecule has 0 spiro atoms. The molecule has 13 heavy (non-hydrogen) atoms. The van der Waals surface area contributed by atoms with Crippen LogP contribution in [0.2, 0.25) is 0 Å². The molecule has 4 heteroatoms. The fourth-order valence-corrected chi connectivity index (χ4v) is 2.10. The molecule has 1 fully saturated rings. The van der Waals surface area contributed by atoms with E-state index in [1.165, 1.54) is 0 Å². The lowest BCUT2D eigenvalue weighted by Crippen LogP contribution is -2.39. The zero-order chi connectivity index (χ0) is 10.4. The molecule has 0 aromatic rings. The second kappa shape index (κ2) is 2.47. The normalized spacial score (nSPS) is 23.7. The first-order valence-electron chi connectivity index (χ1n) is 4.30. The third-order valence-electron chi connectivity index (χ3n) is 3.59. The summed E-state index contributed by atoms with van der Waals surface area (Å²) >= 11 is 0. The minimum atomic E-state index is -0.668. The van der Waals surface area contributed by atoms with E-state index >= 15 is 0 Å². The molecule has 74 valence electrons. The topological polar surface area (TPSA) is 63.4 Å². The molecule has 0 radical (unpaired) electrons. The SMILES string of the molecule is CC1(C)C(N(C=O)C(N)=O)C1(C)C. The van der Waals surface area contributed by atoms with Crippen LogP contribution in [0.1, 0.15) is 27.7 Å². The lowest BCUT2D eigenvalue weighted by atomic mass is 10.0. The Bertz CT molecular complexity index is 244. The molecule has 2 N–H and O–H groups in total. The number of hydrogen-bond donors (Lipinski definition) is 1. The van der Waals surface area contributed by atoms with Gasteiger partial charge in [0.05, 0.1) is 6.04 Å². The van der Waals surface area contributed by atoms with Crippen LogP contribution in [0.4, 0.5) is 4.79 Å². The van der Waals surface area contributed by atoms with Gasteiger partial charge in [-0.15, -0.1) is 0 Å². The quantitative estimate of drug-likeness (QED) is 0.649. The number of nitrogens with two attached hydrogens (primary N) is 1. The zero-order valence-corrected chi connectivity index (χ0v) is 8.50. The summed E-state index contributed by atoms with van der Waals surface area (Å²) in [6.07, 6.45) is 0.517. The molecule has 0 unspecified atom stereocenters. The van der Waals surface area contributed by atoms with Crippen molar-refractivity contribution in [1.29, 1.82) is 0 Å². The summed E-state index contributed by atoms with van der Waals surface area (Å²) in [4.78, 5) is 22.6. The lowest BCUT2D eigenvalue weighted by molar-refractivity contribution is -0.116. The Morgan fingerprint density at radius 3 is 1.77 bits per heavy atom. The molecule has 0 aliphatic heterocycles. The van der Waals surface area contributed by atoms with E-state index in [9.17, 15) is 9.59 Å². The average Bonchev–Trinajstić information content (AvgIpc) is 2.32. The summed E-state index contributed by atoms with van der Waals surface area (Å²) in [5, 5.41) is 0. The van der Waals surface area contributed by atoms with Crippen molar-refractivity contribution < 1.29 is 9.59 Å². The molecule has 3 amide bonds. The molecule has 1 aliphatic carbocycles. The molecule has 1 saturated carbocycles. The number of amides is 3. The fraction of sp³-hybridized carbons (Fsp3) is 0.778. The van der Waals surface area contributed by atoms with Crippen molar-refractivity contribution in [1.82, 2.24) is 4.90 Å². The van der Waals surface area contributed by atoms with Crippen molar-refractivity contribution in [3.8, 4) is 0 Å². The first-order valence-corrected chi connectivity index (χ1v) is 4.30. The summed E-state index contributed by atoms with van der Waals surface area (Å²) < 4.78 is 0. The smallest absolute Gasteiger partial charge is 0.321 e. The minimum absolute atomic E-state index is 0.0387. The highest BCUT2D eigenvalue weighted by molar-refractivity contribution is 5.84. The van der Waals surface area contributed by atoms with Crippen molar-refractivity contribution in [2.24, 2.45) is 16.6 Å². The van der Waals surface area contributed by atoms with E-state index in [0.717, 1.165) is 4.90 Å². The van der Waals surface area contributed by atoms with Crippen LogP contribution >= 0.6 is 0 Å². The minimum Gasteiger partial charge on any atom is -0.351 e. The fourth-order valence-electron chi connectivity index (χ4n) is 2.10. The van der Waals surface area contributed by atoms with Crippen molar-refractivity contribution in [2.45, 2.75) is 33.7 Å². The Morgan fingerprint density at radius 2 is 1.69 bits per heavy atom. The van der Waals surface area contributed by atoms with Gasteiger partial charge < -0.3 is 5.73 Å². The number of hydrogen-bond acceptors (Lipinski definition) is 2. The number of rotatable bonds is 2. The number of imide groups is 1. The Labute approximate surface area is 78.1 Å². The van der Waals surface area contributed by atoms with E-state index in [4.69, 9.17) is 5.73 Å². The third-order valence-corrected chi connectivity index (χ3v) is 3.59. The largest absolute Gasteiger partial charge is 0.351 e. The number of primary amides is 1. The molecule has 0 atom stereocenters. The second-order valence-corrected chi connectivity index (χ2v) is 4.70. The summed E-state index contributed by atoms with van der Waals surface area (Å²) in [5.41, 5.74) is 5.01. The first kappa shape index (κ1) is 10.0. The maximum absolute atomic E-state index is 10.9. The molecule has 1 aliphatic rings. The van der Waals surface area contributed by atoms with Crippen LogP contribution in [0.25, 0.3) is 0 Å². The van der Waals surface area contributed by atoms with Gasteiger partial charge in [-0.25, -0.2) is 4.79 Å². The van der Waals surface area contributed by atoms with Gasteiger partial charge in [0.2, 0.25) is 6.41 Å². The molecule has 0 aromatic heterocycles. The van der Waals surface area contributed by atoms with Crippen LogP contribution in [0.15, 0.2) is 0 Å². The molecular weight excluding hydrogens is 168 g/mol. The molecule has 0 aromatic carbocycles. The zero-order valence-electron chi connectivity index (χ0n) is 8.50. The van der Waals surface area contributed by atoms with Crippen molar-refractivity contribution in [3.63, 3.8) is 0 Å². The third kappa shape index (κ3) is 1.12. The highest BCUT2D eigenvalue weighted by Crippen LogP contribution is 2.64. The Hall–Kier alpha value is -1.06. The van der Waals surface area contributed by atoms with Crippen molar-refractivity contribution >= 4 is 12.4 Å². The van der Waals surface area contributed by atoms with Crippen LogP contribution in [0, 0.1) is 10.8 Å². The molecule has 0 bridgehead atoms. The summed E-state index contributed by atoms with van der Waals surface area (Å²) in [6.45, 7) is 8.10. The molecule has 0 saturated heterocycles. The first-order chi connectivity index (χ1) is 5.76. The number of carbonyl (C=O) groups is 2. The van der Waals surface area contributed by atoms with Gasteiger partial charge in [-0.1, -0.05) is 27.7 Å². The maximum Gasteiger partial charge on any atom is 0.321 e. The van der Waals surface area contributed by atoms with Gasteiger partial charge in [-0.05, 0) is 10.8 Å². The Kier molecular flexibility index (Phi) is 1.90. The van der Waals surface area contributed by atoms with Gasteiger partial charge in [0, 0.05) is 0 Å². The van der Waals surface area contributed by atoms with Crippen LogP contribution in [0.3, 0.4) is 0 Å². The van der Waals surface area contributed by atoms with E-state index in [2.05, 4.69) is 0 Å². The van der Waals surface area contributed by atoms with E-state index in [1.54, 1.807) is 0 Å². The predicted molar refractivity (Wildman–Crippen MR) is 48.8 cm³/mol. The lowest BCUT2D eigenvalue weighted by Gasteiger charge is -2.14. The van der Waals surface area contributed by atoms with Gasteiger partial charge >= 0.3 is 6.03 Å². The summed E-state index contributed by atoms with van der Waals surface area (Å²) in [5.74, 6) is 0. The van der Waals surface area contributed by atoms with Crippen LogP contribution in [-0.2, 0) is 4.79 Å². The Morgan fingerprint density at radius 1 is 1.31 bits per heavy atom. The highest BCUT2D eigenvalue weighted by atomic mass is 16.2. The van der Waals surface area contributed by atoms with Crippen LogP contribution < -0.4 is 5.73 Å². The van der Waals surface area contributed by atoms with Crippen LogP contribution in [0.5, 0.6) is 0 Å². The highest BCUT2D eigenvalue weighted by Gasteiger charge is 2.68. The predicted octanol–water partition coefficient (Wildman–Crippen LogP) is 0.958. The Balaban J connectivity index is 2.88. The molecule has 1 rings (SSSR count). The maximum atomic E-state index is 10.9. The standard InChI is InChI=1S/C9H16N2O2/c1-8(2)6(9(8,3)4)11(5-12)7(10)13/h5-6H,1-4H3,(H2,10,13). The van der Waals surface area contributed by atoms with E-state index in [1.807, 2.05) is 27.7 Å². The van der Waals surface area contributed by atoms with Gasteiger partial charge in [-0.3, -0.25) is 9.69 Å². The van der Waals surface area contributed by atoms with Crippen LogP contribution in [-0.4, -0.2) is 23.4 Å². The monoisotopic (exact) mass is 184 g/mol. The van der Waals surface area contributed by atoms with Crippen molar-refractivity contribution in [2.75, 3.05) is 0 Å². The molecule has 0 heterocycles. The molecular formula is C9H16N2O2. The van der Waals surface area contributed by atoms with Gasteiger partial charge in [0.1, 0.15) is 0 Å². The van der Waals surface area contributed by atoms with Gasteiger partial charge in [0.15, 0.2) is 0 Å². The van der Waals surface area contributed by atoms with E-state index in [-0.39, 0.29) is 16.9 Å². The number of nitrogens with zero attached hydrogens (tertiary/aromatic N) is 1. The second-order valence-electron chi connectivity index (χ2n) is 4.70. The molecule has 4 nitrogen and oxygen atoms in total. The number of carbonyl (C=O) groups excluding carboxylic acids is 2. The van der Waals surface area contributed by atoms with Crippen molar-refractivity contribution in [3.05, 3.63) is 0 Å².